The van der Waals surface area contributed by atoms with Crippen LogP contribution in [0.25, 0.3) is 85.9 Å². The van der Waals surface area contributed by atoms with Crippen LogP contribution in [0.2, 0.25) is 0 Å². The second kappa shape index (κ2) is 8.77. The lowest BCUT2D eigenvalue weighted by Gasteiger charge is -2.11. The van der Waals surface area contributed by atoms with Gasteiger partial charge in [-0.3, -0.25) is 0 Å². The lowest BCUT2D eigenvalue weighted by atomic mass is 9.93. The van der Waals surface area contributed by atoms with E-state index in [2.05, 4.69) is 133 Å². The fourth-order valence-corrected chi connectivity index (χ4v) is 8.88. The zero-order chi connectivity index (χ0) is 28.1. The number of fused-ring (bicyclic) bond motifs is 9. The van der Waals surface area contributed by atoms with E-state index in [1.54, 1.807) is 0 Å². The highest BCUT2D eigenvalue weighted by atomic mass is 32.1. The van der Waals surface area contributed by atoms with Gasteiger partial charge in [-0.2, -0.15) is 0 Å². The Balaban J connectivity index is 1.14. The molecule has 0 saturated carbocycles. The highest BCUT2D eigenvalue weighted by Gasteiger charge is 2.26. The zero-order valence-electron chi connectivity index (χ0n) is 23.5. The van der Waals surface area contributed by atoms with Crippen molar-refractivity contribution in [2.45, 2.75) is 12.8 Å². The van der Waals surface area contributed by atoms with E-state index < -0.39 is 0 Å². The maximum Gasteiger partial charge on any atom is 0.0361 e. The Kier molecular flexibility index (Phi) is 4.80. The van der Waals surface area contributed by atoms with Gasteiger partial charge in [0.1, 0.15) is 0 Å². The minimum absolute atomic E-state index is 1.14. The first kappa shape index (κ1) is 23.6. The summed E-state index contributed by atoms with van der Waals surface area (Å²) in [5, 5.41) is 10.7. The van der Waals surface area contributed by atoms with Crippen molar-refractivity contribution in [2.24, 2.45) is 0 Å². The van der Waals surface area contributed by atoms with Crippen molar-refractivity contribution in [3.63, 3.8) is 0 Å². The van der Waals surface area contributed by atoms with Crippen molar-refractivity contribution in [3.05, 3.63) is 145 Å². The van der Waals surface area contributed by atoms with Crippen LogP contribution in [-0.4, -0.2) is 0 Å². The summed E-state index contributed by atoms with van der Waals surface area (Å²) in [5.74, 6) is 0. The van der Waals surface area contributed by atoms with Crippen molar-refractivity contribution in [1.29, 1.82) is 0 Å². The molecule has 0 aliphatic heterocycles. The van der Waals surface area contributed by atoms with Gasteiger partial charge in [0.25, 0.3) is 0 Å². The van der Waals surface area contributed by atoms with E-state index in [0.29, 0.717) is 0 Å². The molecule has 7 aromatic carbocycles. The van der Waals surface area contributed by atoms with E-state index >= 15 is 0 Å². The van der Waals surface area contributed by atoms with Gasteiger partial charge in [0.05, 0.1) is 0 Å². The van der Waals surface area contributed by atoms with Gasteiger partial charge in [0, 0.05) is 20.2 Å². The summed E-state index contributed by atoms with van der Waals surface area (Å²) in [5.41, 5.74) is 10.9. The van der Waals surface area contributed by atoms with Crippen LogP contribution >= 0.6 is 11.3 Å². The third-order valence-electron chi connectivity index (χ3n) is 9.64. The summed E-state index contributed by atoms with van der Waals surface area (Å²) >= 11 is 1.91. The average molecular weight is 563 g/mol. The Hall–Kier alpha value is -4.98. The molecule has 2 aliphatic rings. The molecular formula is C42H26S. The summed E-state index contributed by atoms with van der Waals surface area (Å²) in [6, 6.07) is 45.6. The maximum absolute atomic E-state index is 2.43. The average Bonchev–Trinajstić information content (AvgIpc) is 3.60. The van der Waals surface area contributed by atoms with Crippen LogP contribution < -0.4 is 0 Å². The minimum Gasteiger partial charge on any atom is -0.135 e. The molecular weight excluding hydrogens is 537 g/mol. The molecule has 0 unspecified atom stereocenters. The van der Waals surface area contributed by atoms with Crippen molar-refractivity contribution < 1.29 is 0 Å². The minimum atomic E-state index is 1.14. The van der Waals surface area contributed by atoms with E-state index in [9.17, 15) is 0 Å². The highest BCUT2D eigenvalue weighted by molar-refractivity contribution is 7.25. The zero-order valence-corrected chi connectivity index (χ0v) is 24.3. The Bertz CT molecular complexity index is 2530. The summed E-state index contributed by atoms with van der Waals surface area (Å²) < 4.78 is 2.68. The molecule has 43 heavy (non-hydrogen) atoms. The van der Waals surface area contributed by atoms with Gasteiger partial charge in [-0.15, -0.1) is 11.3 Å². The Labute approximate surface area is 253 Å². The quantitative estimate of drug-likeness (QED) is 0.184. The molecule has 1 heteroatoms. The fourth-order valence-electron chi connectivity index (χ4n) is 7.70. The summed E-state index contributed by atoms with van der Waals surface area (Å²) in [6.45, 7) is 0. The molecule has 0 radical (unpaired) electrons. The number of benzene rings is 7. The van der Waals surface area contributed by atoms with Crippen LogP contribution in [0, 0.1) is 0 Å². The number of thiophene rings is 1. The van der Waals surface area contributed by atoms with Crippen molar-refractivity contribution in [2.75, 3.05) is 0 Å². The molecule has 0 fully saturated rings. The molecule has 1 aromatic heterocycles. The second-order valence-corrected chi connectivity index (χ2v) is 13.0. The maximum atomic E-state index is 2.43. The number of hydrogen-bond acceptors (Lipinski definition) is 1. The van der Waals surface area contributed by atoms with E-state index in [4.69, 9.17) is 0 Å². The molecule has 8 aromatic rings. The Morgan fingerprint density at radius 3 is 1.77 bits per heavy atom. The SMILES string of the molecule is C1=C2C(=CCC1)c1ccc(-c3ccc4c(c3)sc3cc(-c5cc6ccccc6c6ccccc56)ccc34)c3cccc2c13. The third kappa shape index (κ3) is 3.32. The van der Waals surface area contributed by atoms with E-state index in [0.717, 1.165) is 12.8 Å². The molecule has 1 heterocycles. The smallest absolute Gasteiger partial charge is 0.0361 e. The van der Waals surface area contributed by atoms with Gasteiger partial charge in [0.15, 0.2) is 0 Å². The van der Waals surface area contributed by atoms with Crippen LogP contribution in [0.1, 0.15) is 24.0 Å². The summed E-state index contributed by atoms with van der Waals surface area (Å²) in [4.78, 5) is 0. The molecule has 0 spiro atoms. The molecule has 0 N–H and O–H groups in total. The number of rotatable bonds is 2. The molecule has 0 amide bonds. The normalized spacial score (nSPS) is 14.1. The van der Waals surface area contributed by atoms with Crippen molar-refractivity contribution in [1.82, 2.24) is 0 Å². The third-order valence-corrected chi connectivity index (χ3v) is 10.8. The second-order valence-electron chi connectivity index (χ2n) is 11.9. The van der Waals surface area contributed by atoms with Crippen LogP contribution in [-0.2, 0) is 0 Å². The van der Waals surface area contributed by atoms with Gasteiger partial charge in [-0.25, -0.2) is 0 Å². The van der Waals surface area contributed by atoms with E-state index in [-0.39, 0.29) is 0 Å². The molecule has 0 bridgehead atoms. The first-order chi connectivity index (χ1) is 21.3. The molecule has 0 atom stereocenters. The van der Waals surface area contributed by atoms with Gasteiger partial charge in [-0.05, 0) is 108 Å². The first-order valence-corrected chi connectivity index (χ1v) is 16.0. The van der Waals surface area contributed by atoms with E-state index in [1.165, 1.54) is 97.0 Å². The molecule has 2 aliphatic carbocycles. The monoisotopic (exact) mass is 562 g/mol. The molecule has 0 saturated heterocycles. The topological polar surface area (TPSA) is 0 Å². The van der Waals surface area contributed by atoms with Crippen LogP contribution in [0.5, 0.6) is 0 Å². The largest absolute Gasteiger partial charge is 0.135 e. The molecule has 0 nitrogen and oxygen atoms in total. The van der Waals surface area contributed by atoms with Crippen molar-refractivity contribution in [3.8, 4) is 22.3 Å². The molecule has 10 rings (SSSR count). The van der Waals surface area contributed by atoms with Crippen LogP contribution in [0.4, 0.5) is 0 Å². The van der Waals surface area contributed by atoms with Crippen molar-refractivity contribution >= 4 is 75.0 Å². The fraction of sp³-hybridized carbons (Fsp3) is 0.0476. The first-order valence-electron chi connectivity index (χ1n) is 15.2. The van der Waals surface area contributed by atoms with Gasteiger partial charge >= 0.3 is 0 Å². The van der Waals surface area contributed by atoms with Gasteiger partial charge in [0.2, 0.25) is 0 Å². The molecule has 200 valence electrons. The number of hydrogen-bond donors (Lipinski definition) is 0. The Morgan fingerprint density at radius 1 is 0.395 bits per heavy atom. The lowest BCUT2D eigenvalue weighted by Crippen LogP contribution is -1.86. The van der Waals surface area contributed by atoms with Gasteiger partial charge in [-0.1, -0.05) is 115 Å². The standard InChI is InChI=1S/C42H26S/c1-2-9-28-25(8-1)22-39(33-13-6-3-10-30(28)33)27-17-19-35-34-18-16-26(23-40(34)43-41(35)24-27)29-20-21-38-32-12-5-4-11-31(32)37-15-7-14-36(29)42(37)38/h1-3,6-24H,4-5H2. The number of allylic oxidation sites excluding steroid dienone is 4. The van der Waals surface area contributed by atoms with Crippen LogP contribution in [0.15, 0.2) is 133 Å². The lowest BCUT2D eigenvalue weighted by molar-refractivity contribution is 1.05. The highest BCUT2D eigenvalue weighted by Crippen LogP contribution is 2.50. The summed E-state index contributed by atoms with van der Waals surface area (Å²) in [6.07, 6.45) is 7.14. The predicted molar refractivity (Wildman–Crippen MR) is 188 cm³/mol. The Morgan fingerprint density at radius 2 is 1.00 bits per heavy atom. The summed E-state index contributed by atoms with van der Waals surface area (Å²) in [7, 11) is 0. The predicted octanol–water partition coefficient (Wildman–Crippen LogP) is 12.4. The van der Waals surface area contributed by atoms with Gasteiger partial charge < -0.3 is 0 Å². The van der Waals surface area contributed by atoms with Crippen LogP contribution in [0.3, 0.4) is 0 Å². The van der Waals surface area contributed by atoms with E-state index in [1.807, 2.05) is 11.3 Å².